The molecule has 3 N–H and O–H groups in total. The molecule has 8 nitrogen and oxygen atoms in total. The second-order valence-electron chi connectivity index (χ2n) is 8.17. The smallest absolute Gasteiger partial charge is 0.313 e. The van der Waals surface area contributed by atoms with Gasteiger partial charge in [0.2, 0.25) is 5.88 Å². The number of anilines is 1. The number of aromatic nitrogens is 1. The van der Waals surface area contributed by atoms with Gasteiger partial charge in [0.1, 0.15) is 5.56 Å². The predicted octanol–water partition coefficient (Wildman–Crippen LogP) is 2.33. The maximum atomic E-state index is 13.1. The van der Waals surface area contributed by atoms with Gasteiger partial charge >= 0.3 is 11.8 Å². The number of amides is 3. The van der Waals surface area contributed by atoms with Crippen molar-refractivity contribution in [3.05, 3.63) is 17.8 Å². The Balaban J connectivity index is 1.79. The number of carbonyl (C=O) groups excluding carboxylic acids is 3. The first-order valence-corrected chi connectivity index (χ1v) is 10.4. The molecule has 1 saturated heterocycles. The van der Waals surface area contributed by atoms with E-state index in [2.05, 4.69) is 17.2 Å². The van der Waals surface area contributed by atoms with Crippen molar-refractivity contribution in [2.75, 3.05) is 19.0 Å². The summed E-state index contributed by atoms with van der Waals surface area (Å²) in [5.41, 5.74) is 5.50. The number of ether oxygens (including phenoxy) is 1. The van der Waals surface area contributed by atoms with Crippen LogP contribution in [0.3, 0.4) is 0 Å². The van der Waals surface area contributed by atoms with Crippen molar-refractivity contribution in [2.45, 2.75) is 57.9 Å². The zero-order valence-electron chi connectivity index (χ0n) is 17.1. The molecular weight excluding hydrogens is 372 g/mol. The highest BCUT2D eigenvalue weighted by Gasteiger charge is 2.38. The second kappa shape index (κ2) is 9.24. The van der Waals surface area contributed by atoms with Gasteiger partial charge in [0.15, 0.2) is 0 Å². The van der Waals surface area contributed by atoms with E-state index in [1.165, 1.54) is 38.6 Å². The van der Waals surface area contributed by atoms with Crippen LogP contribution in [0.5, 0.6) is 5.88 Å². The van der Waals surface area contributed by atoms with Gasteiger partial charge in [-0.25, -0.2) is 4.98 Å². The number of primary amides is 1. The molecule has 8 heteroatoms. The van der Waals surface area contributed by atoms with Gasteiger partial charge < -0.3 is 20.7 Å². The number of piperidine rings is 1. The molecular formula is C21H30N4O4. The molecule has 2 heterocycles. The Kier molecular flexibility index (Phi) is 6.71. The van der Waals surface area contributed by atoms with Crippen molar-refractivity contribution >= 4 is 23.4 Å². The Morgan fingerprint density at radius 2 is 1.90 bits per heavy atom. The van der Waals surface area contributed by atoms with Gasteiger partial charge in [0.25, 0.3) is 5.91 Å². The Hall–Kier alpha value is -2.64. The molecule has 2 fully saturated rings. The average molecular weight is 402 g/mol. The minimum atomic E-state index is -0.788. The monoisotopic (exact) mass is 402 g/mol. The average Bonchev–Trinajstić information content (AvgIpc) is 2.73. The Bertz CT molecular complexity index is 776. The van der Waals surface area contributed by atoms with Gasteiger partial charge in [0, 0.05) is 18.8 Å². The fourth-order valence-electron chi connectivity index (χ4n) is 4.66. The highest BCUT2D eigenvalue weighted by atomic mass is 16.5. The van der Waals surface area contributed by atoms with Gasteiger partial charge in [-0.3, -0.25) is 14.4 Å². The number of nitrogens with one attached hydrogen (secondary N) is 1. The van der Waals surface area contributed by atoms with Crippen LogP contribution in [0, 0.1) is 11.8 Å². The van der Waals surface area contributed by atoms with Crippen molar-refractivity contribution in [2.24, 2.45) is 17.6 Å². The first-order chi connectivity index (χ1) is 13.9. The summed E-state index contributed by atoms with van der Waals surface area (Å²) in [5, 5.41) is 2.55. The summed E-state index contributed by atoms with van der Waals surface area (Å²) in [5.74, 6) is -1.29. The van der Waals surface area contributed by atoms with E-state index in [1.807, 2.05) is 0 Å². The lowest BCUT2D eigenvalue weighted by molar-refractivity contribution is -0.147. The van der Waals surface area contributed by atoms with Gasteiger partial charge in [0.05, 0.1) is 12.8 Å². The molecule has 3 rings (SSSR count). The molecule has 2 aliphatic rings. The van der Waals surface area contributed by atoms with Crippen LogP contribution in [-0.2, 0) is 9.59 Å². The number of nitrogens with zero attached hydrogens (tertiary/aromatic N) is 2. The van der Waals surface area contributed by atoms with E-state index < -0.39 is 17.7 Å². The van der Waals surface area contributed by atoms with Crippen LogP contribution in [0.4, 0.5) is 5.69 Å². The molecule has 1 aromatic heterocycles. The fraction of sp³-hybridized carbons (Fsp3) is 0.619. The summed E-state index contributed by atoms with van der Waals surface area (Å²) < 4.78 is 5.06. The van der Waals surface area contributed by atoms with Gasteiger partial charge in [-0.2, -0.15) is 0 Å². The highest BCUT2D eigenvalue weighted by Crippen LogP contribution is 2.35. The maximum absolute atomic E-state index is 13.1. The summed E-state index contributed by atoms with van der Waals surface area (Å²) in [6, 6.07) is 1.54. The van der Waals surface area contributed by atoms with Crippen LogP contribution in [0.2, 0.25) is 0 Å². The number of methoxy groups -OCH3 is 1. The minimum Gasteiger partial charge on any atom is -0.480 e. The van der Waals surface area contributed by atoms with Crippen molar-refractivity contribution in [3.63, 3.8) is 0 Å². The van der Waals surface area contributed by atoms with Gasteiger partial charge in [-0.05, 0) is 43.6 Å². The number of likely N-dealkylation sites (tertiary alicyclic amines) is 1. The topological polar surface area (TPSA) is 115 Å². The Labute approximate surface area is 171 Å². The summed E-state index contributed by atoms with van der Waals surface area (Å²) in [7, 11) is 1.36. The highest BCUT2D eigenvalue weighted by molar-refractivity contribution is 6.40. The zero-order chi connectivity index (χ0) is 21.0. The quantitative estimate of drug-likeness (QED) is 0.750. The normalized spacial score (nSPS) is 22.8. The summed E-state index contributed by atoms with van der Waals surface area (Å²) >= 11 is 0. The first kappa shape index (κ1) is 21.1. The molecule has 29 heavy (non-hydrogen) atoms. The van der Waals surface area contributed by atoms with Crippen molar-refractivity contribution < 1.29 is 19.1 Å². The van der Waals surface area contributed by atoms with Crippen LogP contribution in [0.15, 0.2) is 12.3 Å². The number of pyridine rings is 1. The van der Waals surface area contributed by atoms with E-state index in [9.17, 15) is 14.4 Å². The molecule has 3 amide bonds. The van der Waals surface area contributed by atoms with Crippen LogP contribution < -0.4 is 15.8 Å². The van der Waals surface area contributed by atoms with Gasteiger partial charge in [-0.1, -0.05) is 26.2 Å². The van der Waals surface area contributed by atoms with E-state index in [0.717, 1.165) is 25.7 Å². The van der Waals surface area contributed by atoms with Crippen LogP contribution >= 0.6 is 0 Å². The molecule has 0 spiro atoms. The summed E-state index contributed by atoms with van der Waals surface area (Å²) in [4.78, 5) is 43.4. The van der Waals surface area contributed by atoms with Gasteiger partial charge in [-0.15, -0.1) is 0 Å². The lowest BCUT2D eigenvalue weighted by Crippen LogP contribution is -2.53. The van der Waals surface area contributed by atoms with E-state index in [0.29, 0.717) is 18.4 Å². The van der Waals surface area contributed by atoms with Crippen LogP contribution in [0.1, 0.15) is 62.2 Å². The molecule has 1 aliphatic heterocycles. The fourth-order valence-corrected chi connectivity index (χ4v) is 4.66. The minimum absolute atomic E-state index is 0.00873. The molecule has 0 bridgehead atoms. The van der Waals surface area contributed by atoms with E-state index >= 15 is 0 Å². The SMILES string of the molecule is COc1nccc(NC(=O)C(=O)N2C[C@@H](C)CC[C@@H]2C2CCCCC2)c1C(N)=O. The molecule has 1 aliphatic carbocycles. The largest absolute Gasteiger partial charge is 0.480 e. The molecule has 158 valence electrons. The van der Waals surface area contributed by atoms with E-state index in [1.54, 1.807) is 4.90 Å². The molecule has 2 atom stereocenters. The van der Waals surface area contributed by atoms with E-state index in [-0.39, 0.29) is 23.2 Å². The van der Waals surface area contributed by atoms with Crippen molar-refractivity contribution in [1.29, 1.82) is 0 Å². The number of nitrogens with two attached hydrogens (primary N) is 1. The molecule has 1 saturated carbocycles. The lowest BCUT2D eigenvalue weighted by atomic mass is 9.78. The molecule has 1 aromatic rings. The third kappa shape index (κ3) is 4.68. The Morgan fingerprint density at radius 1 is 1.17 bits per heavy atom. The van der Waals surface area contributed by atoms with E-state index in [4.69, 9.17) is 10.5 Å². The van der Waals surface area contributed by atoms with Crippen molar-refractivity contribution in [1.82, 2.24) is 9.88 Å². The molecule has 0 radical (unpaired) electrons. The summed E-state index contributed by atoms with van der Waals surface area (Å²) in [6.45, 7) is 2.68. The summed E-state index contributed by atoms with van der Waals surface area (Å²) in [6.07, 6.45) is 9.22. The third-order valence-electron chi connectivity index (χ3n) is 6.12. The van der Waals surface area contributed by atoms with Crippen molar-refractivity contribution in [3.8, 4) is 5.88 Å². The number of hydrogen-bond donors (Lipinski definition) is 2. The molecule has 0 unspecified atom stereocenters. The zero-order valence-corrected chi connectivity index (χ0v) is 17.1. The van der Waals surface area contributed by atoms with Crippen LogP contribution in [0.25, 0.3) is 0 Å². The third-order valence-corrected chi connectivity index (χ3v) is 6.12. The Morgan fingerprint density at radius 3 is 2.55 bits per heavy atom. The number of rotatable bonds is 4. The first-order valence-electron chi connectivity index (χ1n) is 10.4. The maximum Gasteiger partial charge on any atom is 0.313 e. The molecule has 0 aromatic carbocycles. The number of hydrogen-bond acceptors (Lipinski definition) is 5. The van der Waals surface area contributed by atoms with Crippen LogP contribution in [-0.4, -0.2) is 47.3 Å². The number of carbonyl (C=O) groups is 3. The predicted molar refractivity (Wildman–Crippen MR) is 108 cm³/mol. The lowest BCUT2D eigenvalue weighted by Gasteiger charge is -2.43. The standard InChI is InChI=1S/C21H30N4O4/c1-13-8-9-16(14-6-4-3-5-7-14)25(12-13)21(28)19(27)24-15-10-11-23-20(29-2)17(15)18(22)26/h10-11,13-14,16H,3-9,12H2,1-2H3,(H2,22,26)(H,23,24,27)/t13-,16+/m0/s1. The second-order valence-corrected chi connectivity index (χ2v) is 8.17.